The van der Waals surface area contributed by atoms with E-state index in [4.69, 9.17) is 5.73 Å². The molecule has 2 nitrogen and oxygen atoms in total. The maximum absolute atomic E-state index is 12.2. The van der Waals surface area contributed by atoms with Crippen molar-refractivity contribution >= 4 is 15.9 Å². The van der Waals surface area contributed by atoms with E-state index in [1.54, 1.807) is 6.92 Å². The van der Waals surface area contributed by atoms with Crippen LogP contribution in [-0.4, -0.2) is 19.6 Å². The van der Waals surface area contributed by atoms with E-state index in [1.807, 2.05) is 6.92 Å². The fourth-order valence-electron chi connectivity index (χ4n) is 1.85. The molecule has 0 atom stereocenters. The molecule has 1 aromatic carbocycles. The van der Waals surface area contributed by atoms with E-state index >= 15 is 0 Å². The Labute approximate surface area is 172 Å². The van der Waals surface area contributed by atoms with Crippen molar-refractivity contribution in [2.75, 3.05) is 19.6 Å². The van der Waals surface area contributed by atoms with Gasteiger partial charge in [-0.2, -0.15) is 0 Å². The number of hydrogen-bond donors (Lipinski definition) is 2. The first-order valence-corrected chi connectivity index (χ1v) is 9.38. The molecule has 0 unspecified atom stereocenters. The lowest BCUT2D eigenvalue weighted by Crippen LogP contribution is -2.20. The maximum atomic E-state index is 12.2. The van der Waals surface area contributed by atoms with Gasteiger partial charge in [0.2, 0.25) is 0 Å². The first kappa shape index (κ1) is 30.0. The highest BCUT2D eigenvalue weighted by Crippen LogP contribution is 2.08. The van der Waals surface area contributed by atoms with Crippen LogP contribution in [0.2, 0.25) is 0 Å². The molecule has 0 heterocycles. The zero-order valence-corrected chi connectivity index (χ0v) is 18.3. The molecule has 0 aliphatic rings. The predicted molar refractivity (Wildman–Crippen MR) is 120 cm³/mol. The van der Waals surface area contributed by atoms with Gasteiger partial charge in [-0.1, -0.05) is 28.9 Å². The SMILES string of the molecule is C#C.C=C.CC/C=C(\C=C(/C)Br)CNCCCN.Cc1cc(F)cc(F)c1. The number of hydrogen-bond acceptors (Lipinski definition) is 2. The average Bonchev–Trinajstić information content (AvgIpc) is 2.61. The zero-order chi connectivity index (χ0) is 21.7. The molecule has 0 saturated carbocycles. The number of aryl methyl sites for hydroxylation is 1. The number of allylic oxidation sites excluding steroid dienone is 2. The molecule has 1 aromatic rings. The van der Waals surface area contributed by atoms with Crippen molar-refractivity contribution < 1.29 is 8.78 Å². The first-order valence-electron chi connectivity index (χ1n) is 8.58. The molecule has 0 aromatic heterocycles. The smallest absolute Gasteiger partial charge is 0.126 e. The van der Waals surface area contributed by atoms with Crippen LogP contribution in [0.3, 0.4) is 0 Å². The van der Waals surface area contributed by atoms with Crippen LogP contribution in [0, 0.1) is 31.4 Å². The zero-order valence-electron chi connectivity index (χ0n) is 16.7. The Kier molecular flexibility index (Phi) is 24.8. The van der Waals surface area contributed by atoms with Gasteiger partial charge in [-0.15, -0.1) is 26.0 Å². The quantitative estimate of drug-likeness (QED) is 0.239. The molecular formula is C22H33BrF2N2. The molecule has 0 radical (unpaired) electrons. The van der Waals surface area contributed by atoms with E-state index in [-0.39, 0.29) is 0 Å². The van der Waals surface area contributed by atoms with Crippen LogP contribution in [-0.2, 0) is 0 Å². The number of rotatable bonds is 7. The molecule has 0 spiro atoms. The second-order valence-electron chi connectivity index (χ2n) is 5.18. The minimum absolute atomic E-state index is 0.521. The lowest BCUT2D eigenvalue weighted by atomic mass is 10.2. The van der Waals surface area contributed by atoms with Crippen molar-refractivity contribution in [3.05, 3.63) is 70.8 Å². The Morgan fingerprint density at radius 2 is 1.74 bits per heavy atom. The van der Waals surface area contributed by atoms with Crippen molar-refractivity contribution in [1.82, 2.24) is 5.32 Å². The lowest BCUT2D eigenvalue weighted by molar-refractivity contribution is 0.581. The minimum atomic E-state index is -0.521. The highest BCUT2D eigenvalue weighted by Gasteiger charge is 1.94. The van der Waals surface area contributed by atoms with Crippen molar-refractivity contribution in [2.24, 2.45) is 5.73 Å². The molecule has 0 aliphatic heterocycles. The van der Waals surface area contributed by atoms with Crippen molar-refractivity contribution in [2.45, 2.75) is 33.6 Å². The van der Waals surface area contributed by atoms with Gasteiger partial charge in [0.15, 0.2) is 0 Å². The van der Waals surface area contributed by atoms with Gasteiger partial charge >= 0.3 is 0 Å². The van der Waals surface area contributed by atoms with Crippen LogP contribution in [0.5, 0.6) is 0 Å². The van der Waals surface area contributed by atoms with E-state index in [2.05, 4.69) is 66.3 Å². The molecule has 0 fully saturated rings. The summed E-state index contributed by atoms with van der Waals surface area (Å²) < 4.78 is 25.5. The first-order chi connectivity index (χ1) is 12.9. The Bertz CT molecular complexity index is 512. The third-order valence-corrected chi connectivity index (χ3v) is 2.97. The number of terminal acetylenes is 1. The second-order valence-corrected chi connectivity index (χ2v) is 6.44. The Morgan fingerprint density at radius 3 is 2.11 bits per heavy atom. The monoisotopic (exact) mass is 442 g/mol. The molecule has 5 heteroatoms. The van der Waals surface area contributed by atoms with E-state index in [9.17, 15) is 8.78 Å². The van der Waals surface area contributed by atoms with Gasteiger partial charge in [-0.05, 0) is 73.6 Å². The molecular weight excluding hydrogens is 410 g/mol. The number of benzene rings is 1. The maximum Gasteiger partial charge on any atom is 0.126 e. The van der Waals surface area contributed by atoms with Gasteiger partial charge in [0.25, 0.3) is 0 Å². The van der Waals surface area contributed by atoms with Crippen LogP contribution in [0.15, 0.2) is 53.6 Å². The van der Waals surface area contributed by atoms with E-state index in [1.165, 1.54) is 17.7 Å². The molecule has 0 aliphatic carbocycles. The predicted octanol–water partition coefficient (Wildman–Crippen LogP) is 5.88. The van der Waals surface area contributed by atoms with E-state index in [0.717, 1.165) is 43.0 Å². The average molecular weight is 443 g/mol. The van der Waals surface area contributed by atoms with Crippen molar-refractivity contribution in [3.8, 4) is 12.8 Å². The molecule has 3 N–H and O–H groups in total. The fraction of sp³-hybridized carbons (Fsp3) is 0.364. The summed E-state index contributed by atoms with van der Waals surface area (Å²) in [6, 6.07) is 3.42. The van der Waals surface area contributed by atoms with Gasteiger partial charge in [0.05, 0.1) is 0 Å². The van der Waals surface area contributed by atoms with Gasteiger partial charge in [-0.25, -0.2) is 8.78 Å². The van der Waals surface area contributed by atoms with Gasteiger partial charge in [0.1, 0.15) is 11.6 Å². The third-order valence-electron chi connectivity index (χ3n) is 2.74. The van der Waals surface area contributed by atoms with Gasteiger partial charge in [0, 0.05) is 12.6 Å². The molecule has 0 amide bonds. The summed E-state index contributed by atoms with van der Waals surface area (Å²) in [6.45, 7) is 14.5. The van der Waals surface area contributed by atoms with Crippen LogP contribution < -0.4 is 11.1 Å². The molecule has 0 bridgehead atoms. The normalized spacial score (nSPS) is 10.4. The Hall–Kier alpha value is -1.74. The van der Waals surface area contributed by atoms with E-state index in [0.29, 0.717) is 5.56 Å². The molecule has 27 heavy (non-hydrogen) atoms. The topological polar surface area (TPSA) is 38.0 Å². The summed E-state index contributed by atoms with van der Waals surface area (Å²) in [5.41, 5.74) is 7.35. The Balaban J connectivity index is -0.000000379. The summed E-state index contributed by atoms with van der Waals surface area (Å²) in [5.74, 6) is -1.04. The fourth-order valence-corrected chi connectivity index (χ4v) is 2.15. The summed E-state index contributed by atoms with van der Waals surface area (Å²) in [6.07, 6.45) is 14.5. The summed E-state index contributed by atoms with van der Waals surface area (Å²) in [5, 5.41) is 3.36. The van der Waals surface area contributed by atoms with Crippen LogP contribution in [0.4, 0.5) is 8.78 Å². The van der Waals surface area contributed by atoms with Crippen LogP contribution in [0.25, 0.3) is 0 Å². The molecule has 1 rings (SSSR count). The second kappa shape index (κ2) is 22.3. The van der Waals surface area contributed by atoms with E-state index < -0.39 is 11.6 Å². The van der Waals surface area contributed by atoms with Gasteiger partial charge in [-0.3, -0.25) is 0 Å². The Morgan fingerprint density at radius 1 is 1.22 bits per heavy atom. The van der Waals surface area contributed by atoms with Crippen molar-refractivity contribution in [1.29, 1.82) is 0 Å². The minimum Gasteiger partial charge on any atom is -0.330 e. The molecule has 0 saturated heterocycles. The summed E-state index contributed by atoms with van der Waals surface area (Å²) >= 11 is 3.44. The number of nitrogens with two attached hydrogens (primary N) is 1. The summed E-state index contributed by atoms with van der Waals surface area (Å²) in [7, 11) is 0. The number of halogens is 3. The number of nitrogens with one attached hydrogen (secondary N) is 1. The standard InChI is InChI=1S/C11H21BrN2.C7H6F2.C2H4.C2H2/c1-3-5-11(8-10(2)12)9-14-7-4-6-13;1-5-2-6(8)4-7(9)3-5;2*1-2/h5,8,14H,3-4,6-7,9,13H2,1-2H3;2-4H,1H3;1-2H2;1-2H/b10-8+,11-5+;;;. The van der Waals surface area contributed by atoms with Crippen LogP contribution >= 0.6 is 15.9 Å². The highest BCUT2D eigenvalue weighted by molar-refractivity contribution is 9.11. The lowest BCUT2D eigenvalue weighted by Gasteiger charge is -2.05. The third kappa shape index (κ3) is 22.2. The largest absolute Gasteiger partial charge is 0.330 e. The summed E-state index contributed by atoms with van der Waals surface area (Å²) in [4.78, 5) is 0. The van der Waals surface area contributed by atoms with Crippen LogP contribution in [0.1, 0.15) is 32.3 Å². The van der Waals surface area contributed by atoms with Gasteiger partial charge < -0.3 is 11.1 Å². The molecule has 152 valence electrons. The van der Waals surface area contributed by atoms with Crippen molar-refractivity contribution in [3.63, 3.8) is 0 Å². The highest BCUT2D eigenvalue weighted by atomic mass is 79.9.